The SMILES string of the molecule is C[C@H](NC(=O)N1CCO[C@H](c2ccsc2)C1)C(=O)N(C)C. The van der Waals surface area contributed by atoms with E-state index in [1.54, 1.807) is 37.3 Å². The summed E-state index contributed by atoms with van der Waals surface area (Å²) in [6.07, 6.45) is -0.0874. The van der Waals surface area contributed by atoms with Crippen molar-refractivity contribution in [2.24, 2.45) is 0 Å². The standard InChI is InChI=1S/C14H21N3O3S/c1-10(13(18)16(2)3)15-14(19)17-5-6-20-12(8-17)11-4-7-21-9-11/h4,7,9-10,12H,5-6,8H2,1-3H3,(H,15,19)/t10-,12-/m0/s1. The number of urea groups is 1. The van der Waals surface area contributed by atoms with Crippen LogP contribution in [0, 0.1) is 0 Å². The Hall–Kier alpha value is -1.60. The fourth-order valence-corrected chi connectivity index (χ4v) is 2.92. The second kappa shape index (κ2) is 6.91. The van der Waals surface area contributed by atoms with E-state index in [9.17, 15) is 9.59 Å². The van der Waals surface area contributed by atoms with Crippen LogP contribution in [0.25, 0.3) is 0 Å². The van der Waals surface area contributed by atoms with Gasteiger partial charge in [-0.05, 0) is 29.3 Å². The lowest BCUT2D eigenvalue weighted by Crippen LogP contribution is -2.52. The molecule has 1 N–H and O–H groups in total. The van der Waals surface area contributed by atoms with E-state index in [2.05, 4.69) is 5.32 Å². The van der Waals surface area contributed by atoms with Crippen molar-refractivity contribution in [2.45, 2.75) is 19.1 Å². The van der Waals surface area contributed by atoms with Crippen LogP contribution in [0.3, 0.4) is 0 Å². The summed E-state index contributed by atoms with van der Waals surface area (Å²) >= 11 is 1.61. The van der Waals surface area contributed by atoms with Gasteiger partial charge in [0.25, 0.3) is 0 Å². The number of hydrogen-bond acceptors (Lipinski definition) is 4. The first-order chi connectivity index (χ1) is 9.99. The van der Waals surface area contributed by atoms with Crippen LogP contribution in [-0.2, 0) is 9.53 Å². The molecule has 116 valence electrons. The van der Waals surface area contributed by atoms with E-state index in [0.29, 0.717) is 19.7 Å². The predicted molar refractivity (Wildman–Crippen MR) is 81.3 cm³/mol. The van der Waals surface area contributed by atoms with Gasteiger partial charge in [0.15, 0.2) is 0 Å². The second-order valence-electron chi connectivity index (χ2n) is 5.27. The van der Waals surface area contributed by atoms with Crippen molar-refractivity contribution in [1.82, 2.24) is 15.1 Å². The molecule has 0 unspecified atom stereocenters. The highest BCUT2D eigenvalue weighted by Crippen LogP contribution is 2.24. The molecule has 1 aromatic rings. The van der Waals surface area contributed by atoms with Crippen molar-refractivity contribution in [1.29, 1.82) is 0 Å². The van der Waals surface area contributed by atoms with Gasteiger partial charge in [0.05, 0.1) is 13.2 Å². The van der Waals surface area contributed by atoms with E-state index in [-0.39, 0.29) is 18.0 Å². The summed E-state index contributed by atoms with van der Waals surface area (Å²) in [6, 6.07) is 1.26. The number of nitrogens with zero attached hydrogens (tertiary/aromatic N) is 2. The largest absolute Gasteiger partial charge is 0.370 e. The van der Waals surface area contributed by atoms with Crippen LogP contribution in [0.15, 0.2) is 16.8 Å². The molecule has 6 nitrogen and oxygen atoms in total. The lowest BCUT2D eigenvalue weighted by molar-refractivity contribution is -0.130. The lowest BCUT2D eigenvalue weighted by Gasteiger charge is -2.33. The van der Waals surface area contributed by atoms with Crippen molar-refractivity contribution in [3.8, 4) is 0 Å². The molecule has 21 heavy (non-hydrogen) atoms. The minimum atomic E-state index is -0.532. The van der Waals surface area contributed by atoms with Crippen LogP contribution < -0.4 is 5.32 Å². The fourth-order valence-electron chi connectivity index (χ4n) is 2.22. The average molecular weight is 311 g/mol. The molecule has 7 heteroatoms. The molecule has 1 aliphatic rings. The second-order valence-corrected chi connectivity index (χ2v) is 6.05. The Labute approximate surface area is 128 Å². The first-order valence-electron chi connectivity index (χ1n) is 6.89. The number of likely N-dealkylation sites (N-methyl/N-ethyl adjacent to an activating group) is 1. The van der Waals surface area contributed by atoms with Crippen LogP contribution in [0.1, 0.15) is 18.6 Å². The molecule has 1 saturated heterocycles. The normalized spacial score (nSPS) is 20.0. The van der Waals surface area contributed by atoms with Crippen LogP contribution >= 0.6 is 11.3 Å². The van der Waals surface area contributed by atoms with Gasteiger partial charge in [0.2, 0.25) is 5.91 Å². The van der Waals surface area contributed by atoms with E-state index in [1.165, 1.54) is 4.90 Å². The minimum Gasteiger partial charge on any atom is -0.370 e. The molecular weight excluding hydrogens is 290 g/mol. The summed E-state index contributed by atoms with van der Waals surface area (Å²) in [7, 11) is 3.35. The van der Waals surface area contributed by atoms with Crippen molar-refractivity contribution in [2.75, 3.05) is 33.8 Å². The van der Waals surface area contributed by atoms with Crippen LogP contribution in [0.4, 0.5) is 4.79 Å². The van der Waals surface area contributed by atoms with E-state index in [0.717, 1.165) is 5.56 Å². The molecule has 0 radical (unpaired) electrons. The van der Waals surface area contributed by atoms with Gasteiger partial charge >= 0.3 is 6.03 Å². The lowest BCUT2D eigenvalue weighted by atomic mass is 10.1. The van der Waals surface area contributed by atoms with Gasteiger partial charge in [0, 0.05) is 20.6 Å². The molecule has 0 bridgehead atoms. The number of nitrogens with one attached hydrogen (secondary N) is 1. The molecule has 0 aromatic carbocycles. The van der Waals surface area contributed by atoms with Gasteiger partial charge in [0.1, 0.15) is 12.1 Å². The molecule has 0 spiro atoms. The Morgan fingerprint density at radius 1 is 1.52 bits per heavy atom. The third-order valence-corrected chi connectivity index (χ3v) is 4.12. The Kier molecular flexibility index (Phi) is 5.19. The molecule has 2 rings (SSSR count). The highest BCUT2D eigenvalue weighted by molar-refractivity contribution is 7.07. The number of carbonyl (C=O) groups excluding carboxylic acids is 2. The number of rotatable bonds is 3. The third kappa shape index (κ3) is 3.95. The van der Waals surface area contributed by atoms with Crippen LogP contribution in [-0.4, -0.2) is 61.6 Å². The number of carbonyl (C=O) groups is 2. The summed E-state index contributed by atoms with van der Waals surface area (Å²) < 4.78 is 5.70. The van der Waals surface area contributed by atoms with Crippen LogP contribution in [0.5, 0.6) is 0 Å². The number of ether oxygens (including phenoxy) is 1. The summed E-state index contributed by atoms with van der Waals surface area (Å²) in [5.41, 5.74) is 1.09. The zero-order chi connectivity index (χ0) is 15.4. The molecule has 2 heterocycles. The summed E-state index contributed by atoms with van der Waals surface area (Å²) in [6.45, 7) is 3.24. The Morgan fingerprint density at radius 3 is 2.90 bits per heavy atom. The van der Waals surface area contributed by atoms with Crippen molar-refractivity contribution >= 4 is 23.3 Å². The molecule has 2 atom stereocenters. The van der Waals surface area contributed by atoms with E-state index in [1.807, 2.05) is 16.8 Å². The number of morpholine rings is 1. The third-order valence-electron chi connectivity index (χ3n) is 3.42. The van der Waals surface area contributed by atoms with Gasteiger partial charge in [-0.1, -0.05) is 0 Å². The van der Waals surface area contributed by atoms with E-state index < -0.39 is 6.04 Å². The summed E-state index contributed by atoms with van der Waals surface area (Å²) in [5.74, 6) is -0.119. The average Bonchev–Trinajstić information content (AvgIpc) is 3.00. The Balaban J connectivity index is 1.92. The summed E-state index contributed by atoms with van der Waals surface area (Å²) in [4.78, 5) is 27.2. The maximum Gasteiger partial charge on any atom is 0.318 e. The quantitative estimate of drug-likeness (QED) is 0.915. The molecule has 3 amide bonds. The predicted octanol–water partition coefficient (Wildman–Crippen LogP) is 1.31. The maximum absolute atomic E-state index is 12.2. The van der Waals surface area contributed by atoms with Gasteiger partial charge in [-0.25, -0.2) is 4.79 Å². The van der Waals surface area contributed by atoms with Gasteiger partial charge in [-0.2, -0.15) is 11.3 Å². The summed E-state index contributed by atoms with van der Waals surface area (Å²) in [5, 5.41) is 6.77. The van der Waals surface area contributed by atoms with Gasteiger partial charge in [-0.15, -0.1) is 0 Å². The smallest absolute Gasteiger partial charge is 0.318 e. The molecule has 0 saturated carbocycles. The number of amides is 3. The topological polar surface area (TPSA) is 61.9 Å². The Bertz CT molecular complexity index is 490. The zero-order valence-corrected chi connectivity index (χ0v) is 13.4. The van der Waals surface area contributed by atoms with E-state index >= 15 is 0 Å². The first-order valence-corrected chi connectivity index (χ1v) is 7.83. The van der Waals surface area contributed by atoms with Gasteiger partial charge in [-0.3, -0.25) is 4.79 Å². The number of thiophene rings is 1. The van der Waals surface area contributed by atoms with Crippen molar-refractivity contribution in [3.63, 3.8) is 0 Å². The molecule has 1 aliphatic heterocycles. The Morgan fingerprint density at radius 2 is 2.29 bits per heavy atom. The van der Waals surface area contributed by atoms with Crippen LogP contribution in [0.2, 0.25) is 0 Å². The minimum absolute atomic E-state index is 0.0874. The van der Waals surface area contributed by atoms with Gasteiger partial charge < -0.3 is 19.9 Å². The molecule has 0 aliphatic carbocycles. The van der Waals surface area contributed by atoms with Crippen molar-refractivity contribution < 1.29 is 14.3 Å². The zero-order valence-electron chi connectivity index (χ0n) is 12.5. The molecule has 1 aromatic heterocycles. The number of hydrogen-bond donors (Lipinski definition) is 1. The van der Waals surface area contributed by atoms with E-state index in [4.69, 9.17) is 4.74 Å². The first kappa shape index (κ1) is 15.8. The fraction of sp³-hybridized carbons (Fsp3) is 0.571. The molecular formula is C14H21N3O3S. The maximum atomic E-state index is 12.2. The molecule has 1 fully saturated rings. The monoisotopic (exact) mass is 311 g/mol. The highest BCUT2D eigenvalue weighted by Gasteiger charge is 2.27. The highest BCUT2D eigenvalue weighted by atomic mass is 32.1. The van der Waals surface area contributed by atoms with Crippen molar-refractivity contribution in [3.05, 3.63) is 22.4 Å².